The second-order valence-electron chi connectivity index (χ2n) is 7.89. The van der Waals surface area contributed by atoms with Crippen molar-refractivity contribution < 1.29 is 9.53 Å². The molecule has 1 saturated carbocycles. The molecule has 2 aliphatic rings. The summed E-state index contributed by atoms with van der Waals surface area (Å²) in [5.41, 5.74) is 7.32. The Labute approximate surface area is 168 Å². The minimum absolute atomic E-state index is 0. The van der Waals surface area contributed by atoms with Gasteiger partial charge in [0.25, 0.3) is 0 Å². The Morgan fingerprint density at radius 3 is 2.38 bits per heavy atom. The summed E-state index contributed by atoms with van der Waals surface area (Å²) in [4.78, 5) is 12.2. The number of benzene rings is 1. The van der Waals surface area contributed by atoms with Crippen molar-refractivity contribution in [3.63, 3.8) is 0 Å². The van der Waals surface area contributed by atoms with Gasteiger partial charge in [-0.1, -0.05) is 55.8 Å². The third kappa shape index (κ3) is 5.37. The molecule has 1 aromatic rings. The summed E-state index contributed by atoms with van der Waals surface area (Å²) in [5, 5.41) is 0.777. The average molecular weight is 400 g/mol. The SMILES string of the molecule is C[C@@H]1OC(=O)[C@@H](N)CCC[C@H](Cc2ccc(Cl)cc2)[C@H]1C1CCCC1.Cl. The largest absolute Gasteiger partial charge is 0.461 e. The van der Waals surface area contributed by atoms with E-state index in [1.807, 2.05) is 12.1 Å². The molecule has 4 atom stereocenters. The standard InChI is InChI=1S/C21H30ClNO2.ClH/c1-14-20(16-5-2-3-6-16)17(7-4-8-19(23)21(24)25-14)13-15-9-11-18(22)12-10-15;/h9-12,14,16-17,19-20H,2-8,13,23H2,1H3;1H/t14-,17+,19-,20+;/m0./s1. The lowest BCUT2D eigenvalue weighted by Crippen LogP contribution is -2.38. The van der Waals surface area contributed by atoms with E-state index < -0.39 is 6.04 Å². The number of nitrogens with two attached hydrogens (primary N) is 1. The molecular formula is C21H31Cl2NO2. The summed E-state index contributed by atoms with van der Waals surface area (Å²) >= 11 is 6.04. The molecule has 2 N–H and O–H groups in total. The fraction of sp³-hybridized carbons (Fsp3) is 0.667. The normalized spacial score (nSPS) is 30.7. The molecule has 0 radical (unpaired) electrons. The van der Waals surface area contributed by atoms with Gasteiger partial charge < -0.3 is 10.5 Å². The minimum atomic E-state index is -0.471. The van der Waals surface area contributed by atoms with Crippen LogP contribution in [0.2, 0.25) is 5.02 Å². The van der Waals surface area contributed by atoms with Crippen LogP contribution in [0, 0.1) is 17.8 Å². The maximum absolute atomic E-state index is 12.2. The van der Waals surface area contributed by atoms with Crippen LogP contribution < -0.4 is 5.73 Å². The Morgan fingerprint density at radius 1 is 1.08 bits per heavy atom. The zero-order valence-corrected chi connectivity index (χ0v) is 17.1. The fourth-order valence-corrected chi connectivity index (χ4v) is 5.04. The lowest BCUT2D eigenvalue weighted by Gasteiger charge is -2.35. The molecule has 5 heteroatoms. The van der Waals surface area contributed by atoms with Gasteiger partial charge in [0.2, 0.25) is 0 Å². The van der Waals surface area contributed by atoms with E-state index >= 15 is 0 Å². The predicted molar refractivity (Wildman–Crippen MR) is 109 cm³/mol. The van der Waals surface area contributed by atoms with Gasteiger partial charge in [0.1, 0.15) is 12.1 Å². The molecule has 0 unspecified atom stereocenters. The summed E-state index contributed by atoms with van der Waals surface area (Å²) in [6.07, 6.45) is 8.91. The van der Waals surface area contributed by atoms with E-state index in [4.69, 9.17) is 22.1 Å². The van der Waals surface area contributed by atoms with Crippen molar-refractivity contribution in [2.75, 3.05) is 0 Å². The molecule has 0 bridgehead atoms. The molecule has 26 heavy (non-hydrogen) atoms. The van der Waals surface area contributed by atoms with Crippen LogP contribution >= 0.6 is 24.0 Å². The van der Waals surface area contributed by atoms with Crippen molar-refractivity contribution in [2.24, 2.45) is 23.5 Å². The number of ether oxygens (including phenoxy) is 1. The van der Waals surface area contributed by atoms with Crippen molar-refractivity contribution in [3.8, 4) is 0 Å². The number of rotatable bonds is 3. The highest BCUT2D eigenvalue weighted by molar-refractivity contribution is 6.30. The van der Waals surface area contributed by atoms with Crippen LogP contribution in [-0.2, 0) is 16.0 Å². The molecule has 1 saturated heterocycles. The number of cyclic esters (lactones) is 1. The molecule has 0 aromatic heterocycles. The molecule has 1 aliphatic heterocycles. The number of carbonyl (C=O) groups is 1. The Kier molecular flexibility index (Phi) is 8.25. The maximum Gasteiger partial charge on any atom is 0.323 e. The van der Waals surface area contributed by atoms with Crippen molar-refractivity contribution in [3.05, 3.63) is 34.9 Å². The van der Waals surface area contributed by atoms with Crippen molar-refractivity contribution in [1.82, 2.24) is 0 Å². The minimum Gasteiger partial charge on any atom is -0.461 e. The second kappa shape index (κ2) is 9.96. The van der Waals surface area contributed by atoms with E-state index in [0.29, 0.717) is 17.8 Å². The zero-order chi connectivity index (χ0) is 17.8. The highest BCUT2D eigenvalue weighted by Crippen LogP contribution is 2.41. The van der Waals surface area contributed by atoms with Gasteiger partial charge in [-0.05, 0) is 55.7 Å². The van der Waals surface area contributed by atoms with Gasteiger partial charge in [0.05, 0.1) is 0 Å². The van der Waals surface area contributed by atoms with Gasteiger partial charge in [-0.2, -0.15) is 0 Å². The van der Waals surface area contributed by atoms with Crippen molar-refractivity contribution in [1.29, 1.82) is 0 Å². The number of hydrogen-bond donors (Lipinski definition) is 1. The second-order valence-corrected chi connectivity index (χ2v) is 8.33. The van der Waals surface area contributed by atoms with Crippen LogP contribution in [0.15, 0.2) is 24.3 Å². The van der Waals surface area contributed by atoms with Crippen LogP contribution in [0.5, 0.6) is 0 Å². The molecule has 1 aromatic carbocycles. The lowest BCUT2D eigenvalue weighted by molar-refractivity contribution is -0.154. The monoisotopic (exact) mass is 399 g/mol. The number of carbonyl (C=O) groups excluding carboxylic acids is 1. The fourth-order valence-electron chi connectivity index (χ4n) is 4.91. The molecule has 1 heterocycles. The van der Waals surface area contributed by atoms with E-state index in [9.17, 15) is 4.79 Å². The molecule has 146 valence electrons. The summed E-state index contributed by atoms with van der Waals surface area (Å²) in [6.45, 7) is 2.08. The molecule has 0 spiro atoms. The first-order valence-electron chi connectivity index (χ1n) is 9.75. The number of esters is 1. The quantitative estimate of drug-likeness (QED) is 0.713. The predicted octanol–water partition coefficient (Wildman–Crippen LogP) is 5.17. The molecule has 2 fully saturated rings. The summed E-state index contributed by atoms with van der Waals surface area (Å²) < 4.78 is 5.81. The van der Waals surface area contributed by atoms with Crippen molar-refractivity contribution >= 4 is 30.0 Å². The Morgan fingerprint density at radius 2 is 1.73 bits per heavy atom. The van der Waals surface area contributed by atoms with Gasteiger partial charge in [-0.15, -0.1) is 12.4 Å². The Balaban J connectivity index is 0.00000243. The topological polar surface area (TPSA) is 52.3 Å². The van der Waals surface area contributed by atoms with Crippen LogP contribution in [0.4, 0.5) is 0 Å². The summed E-state index contributed by atoms with van der Waals surface area (Å²) in [5.74, 6) is 1.39. The van der Waals surface area contributed by atoms with E-state index in [2.05, 4.69) is 19.1 Å². The van der Waals surface area contributed by atoms with Crippen LogP contribution in [0.3, 0.4) is 0 Å². The molecule has 1 aliphatic carbocycles. The van der Waals surface area contributed by atoms with E-state index in [1.54, 1.807) is 0 Å². The first-order chi connectivity index (χ1) is 12.0. The highest BCUT2D eigenvalue weighted by Gasteiger charge is 2.38. The first-order valence-corrected chi connectivity index (χ1v) is 10.1. The van der Waals surface area contributed by atoms with E-state index in [-0.39, 0.29) is 24.5 Å². The van der Waals surface area contributed by atoms with Crippen LogP contribution in [0.25, 0.3) is 0 Å². The third-order valence-electron chi connectivity index (χ3n) is 6.14. The van der Waals surface area contributed by atoms with E-state index in [0.717, 1.165) is 30.7 Å². The Hall–Kier alpha value is -0.770. The van der Waals surface area contributed by atoms with Crippen LogP contribution in [0.1, 0.15) is 57.4 Å². The molecule has 3 rings (SSSR count). The van der Waals surface area contributed by atoms with E-state index in [1.165, 1.54) is 31.2 Å². The van der Waals surface area contributed by atoms with Gasteiger partial charge in [-0.25, -0.2) is 0 Å². The maximum atomic E-state index is 12.2. The summed E-state index contributed by atoms with van der Waals surface area (Å²) in [6, 6.07) is 7.72. The van der Waals surface area contributed by atoms with Gasteiger partial charge in [0, 0.05) is 10.9 Å². The van der Waals surface area contributed by atoms with Gasteiger partial charge in [-0.3, -0.25) is 4.79 Å². The molecule has 3 nitrogen and oxygen atoms in total. The average Bonchev–Trinajstić information content (AvgIpc) is 3.10. The molecular weight excluding hydrogens is 369 g/mol. The molecule has 0 amide bonds. The number of halogens is 2. The highest BCUT2D eigenvalue weighted by atomic mass is 35.5. The third-order valence-corrected chi connectivity index (χ3v) is 6.39. The smallest absolute Gasteiger partial charge is 0.323 e. The van der Waals surface area contributed by atoms with Gasteiger partial charge >= 0.3 is 5.97 Å². The van der Waals surface area contributed by atoms with Crippen LogP contribution in [-0.4, -0.2) is 18.1 Å². The Bertz CT molecular complexity index is 572. The van der Waals surface area contributed by atoms with Crippen molar-refractivity contribution in [2.45, 2.75) is 70.4 Å². The first kappa shape index (κ1) is 21.5. The number of hydrogen-bond acceptors (Lipinski definition) is 3. The summed E-state index contributed by atoms with van der Waals surface area (Å²) in [7, 11) is 0. The van der Waals surface area contributed by atoms with Gasteiger partial charge in [0.15, 0.2) is 0 Å². The lowest BCUT2D eigenvalue weighted by atomic mass is 9.73. The zero-order valence-electron chi connectivity index (χ0n) is 15.5.